The van der Waals surface area contributed by atoms with Crippen LogP contribution in [0.25, 0.3) is 0 Å². The van der Waals surface area contributed by atoms with Crippen LogP contribution in [0, 0.1) is 6.92 Å². The van der Waals surface area contributed by atoms with E-state index in [0.717, 1.165) is 11.1 Å². The van der Waals surface area contributed by atoms with Gasteiger partial charge in [-0.25, -0.2) is 8.42 Å². The summed E-state index contributed by atoms with van der Waals surface area (Å²) in [6.07, 6.45) is 0. The van der Waals surface area contributed by atoms with Gasteiger partial charge in [0.15, 0.2) is 6.61 Å². The number of carbonyl (C=O) groups is 1. The van der Waals surface area contributed by atoms with Crippen molar-refractivity contribution in [3.05, 3.63) is 51.5 Å². The lowest BCUT2D eigenvalue weighted by Gasteiger charge is -2.19. The first-order valence-electron chi connectivity index (χ1n) is 10.0. The second-order valence-corrected chi connectivity index (χ2v) is 10.1. The van der Waals surface area contributed by atoms with Gasteiger partial charge in [-0.3, -0.25) is 4.79 Å². The van der Waals surface area contributed by atoms with Crippen molar-refractivity contribution in [1.29, 1.82) is 0 Å². The van der Waals surface area contributed by atoms with Gasteiger partial charge in [0.05, 0.1) is 15.6 Å². The molecule has 0 aliphatic rings. The summed E-state index contributed by atoms with van der Waals surface area (Å²) in [6, 6.07) is 7.88. The van der Waals surface area contributed by atoms with Crippen LogP contribution in [-0.4, -0.2) is 38.3 Å². The molecule has 0 fully saturated rings. The number of sulfonamides is 1. The lowest BCUT2D eigenvalue weighted by molar-refractivity contribution is -0.118. The van der Waals surface area contributed by atoms with E-state index >= 15 is 0 Å². The number of aryl methyl sites for hydroxylation is 1. The molecule has 0 spiro atoms. The van der Waals surface area contributed by atoms with Crippen molar-refractivity contribution in [1.82, 2.24) is 4.31 Å². The number of nitrogens with one attached hydrogen (secondary N) is 1. The van der Waals surface area contributed by atoms with Crippen LogP contribution in [0.15, 0.2) is 35.2 Å². The molecule has 9 heteroatoms. The fourth-order valence-corrected chi connectivity index (χ4v) is 5.16. The maximum atomic E-state index is 12.7. The number of hydrogen-bond donors (Lipinski definition) is 1. The van der Waals surface area contributed by atoms with Gasteiger partial charge in [-0.15, -0.1) is 0 Å². The molecule has 2 aromatic carbocycles. The third-order valence-electron chi connectivity index (χ3n) is 4.83. The van der Waals surface area contributed by atoms with Crippen LogP contribution < -0.4 is 10.1 Å². The summed E-state index contributed by atoms with van der Waals surface area (Å²) < 4.78 is 32.5. The highest BCUT2D eigenvalue weighted by molar-refractivity contribution is 7.89. The van der Waals surface area contributed by atoms with Gasteiger partial charge >= 0.3 is 0 Å². The van der Waals surface area contributed by atoms with Gasteiger partial charge in [-0.05, 0) is 54.3 Å². The van der Waals surface area contributed by atoms with Gasteiger partial charge in [0.1, 0.15) is 5.75 Å². The molecule has 0 atom stereocenters. The van der Waals surface area contributed by atoms with Gasteiger partial charge in [0.2, 0.25) is 10.0 Å². The predicted molar refractivity (Wildman–Crippen MR) is 126 cm³/mol. The molecule has 0 aliphatic heterocycles. The van der Waals surface area contributed by atoms with Crippen LogP contribution in [0.2, 0.25) is 10.0 Å². The summed E-state index contributed by atoms with van der Waals surface area (Å²) in [5.41, 5.74) is 1.95. The van der Waals surface area contributed by atoms with Gasteiger partial charge in [0, 0.05) is 18.1 Å². The highest BCUT2D eigenvalue weighted by Crippen LogP contribution is 2.31. The van der Waals surface area contributed by atoms with Crippen LogP contribution in [0.5, 0.6) is 5.75 Å². The lowest BCUT2D eigenvalue weighted by atomic mass is 10.0. The highest BCUT2D eigenvalue weighted by atomic mass is 35.5. The second kappa shape index (κ2) is 10.7. The Bertz CT molecular complexity index is 1050. The molecular weight excluding hydrogens is 459 g/mol. The first-order chi connectivity index (χ1) is 14.5. The number of rotatable bonds is 9. The van der Waals surface area contributed by atoms with E-state index in [1.807, 2.05) is 32.9 Å². The summed E-state index contributed by atoms with van der Waals surface area (Å²) in [4.78, 5) is 12.5. The predicted octanol–water partition coefficient (Wildman–Crippen LogP) is 5.47. The number of amides is 1. The fraction of sp³-hybridized carbons (Fsp3) is 0.409. The largest absolute Gasteiger partial charge is 0.483 e. The van der Waals surface area contributed by atoms with E-state index in [1.54, 1.807) is 13.8 Å². The minimum atomic E-state index is -3.67. The summed E-state index contributed by atoms with van der Waals surface area (Å²) in [5.74, 6) is 0.311. The Labute approximate surface area is 194 Å². The second-order valence-electron chi connectivity index (χ2n) is 7.36. The zero-order valence-corrected chi connectivity index (χ0v) is 20.7. The van der Waals surface area contributed by atoms with Crippen molar-refractivity contribution in [3.63, 3.8) is 0 Å². The first-order valence-corrected chi connectivity index (χ1v) is 12.2. The maximum absolute atomic E-state index is 12.7. The Hall–Kier alpha value is -1.80. The van der Waals surface area contributed by atoms with E-state index in [1.165, 1.54) is 22.5 Å². The zero-order chi connectivity index (χ0) is 23.3. The highest BCUT2D eigenvalue weighted by Gasteiger charge is 2.23. The van der Waals surface area contributed by atoms with Crippen LogP contribution in [0.1, 0.15) is 44.7 Å². The smallest absolute Gasteiger partial charge is 0.262 e. The maximum Gasteiger partial charge on any atom is 0.262 e. The third-order valence-corrected chi connectivity index (χ3v) is 7.53. The van der Waals surface area contributed by atoms with Crippen LogP contribution in [-0.2, 0) is 14.8 Å². The van der Waals surface area contributed by atoms with E-state index in [2.05, 4.69) is 5.32 Å². The molecule has 0 radical (unpaired) electrons. The number of halogens is 2. The van der Waals surface area contributed by atoms with Crippen molar-refractivity contribution in [2.75, 3.05) is 25.0 Å². The summed E-state index contributed by atoms with van der Waals surface area (Å²) in [5, 5.41) is 3.52. The average molecular weight is 487 g/mol. The molecule has 1 amide bonds. The number of anilines is 1. The molecule has 0 unspecified atom stereocenters. The van der Waals surface area contributed by atoms with Crippen molar-refractivity contribution < 1.29 is 17.9 Å². The number of benzene rings is 2. The Morgan fingerprint density at radius 3 is 2.32 bits per heavy atom. The van der Waals surface area contributed by atoms with Crippen LogP contribution >= 0.6 is 23.2 Å². The molecule has 0 saturated heterocycles. The van der Waals surface area contributed by atoms with Gasteiger partial charge in [-0.1, -0.05) is 50.9 Å². The quantitative estimate of drug-likeness (QED) is 0.509. The molecular formula is C22H28Cl2N2O4S. The summed E-state index contributed by atoms with van der Waals surface area (Å²) in [7, 11) is -3.67. The Morgan fingerprint density at radius 2 is 1.74 bits per heavy atom. The molecule has 0 aliphatic carbocycles. The topological polar surface area (TPSA) is 75.7 Å². The number of carbonyl (C=O) groups excluding carboxylic acids is 1. The molecule has 1 N–H and O–H groups in total. The zero-order valence-electron chi connectivity index (χ0n) is 18.3. The lowest BCUT2D eigenvalue weighted by Crippen LogP contribution is -2.30. The molecule has 6 nitrogen and oxygen atoms in total. The van der Waals surface area contributed by atoms with Crippen LogP contribution in [0.4, 0.5) is 5.69 Å². The standard InChI is InChI=1S/C22H28Cl2N2O4S/c1-6-26(7-2)31(28,29)16-8-9-18(23)20(11-16)25-22(27)13-30-21-12-17(14(3)4)19(24)10-15(21)5/h8-12,14H,6-7,13H2,1-5H3,(H,25,27). The molecule has 0 heterocycles. The molecule has 2 aromatic rings. The molecule has 170 valence electrons. The Balaban J connectivity index is 2.17. The monoisotopic (exact) mass is 486 g/mol. The minimum Gasteiger partial charge on any atom is -0.483 e. The number of hydrogen-bond acceptors (Lipinski definition) is 4. The minimum absolute atomic E-state index is 0.0620. The number of ether oxygens (including phenoxy) is 1. The van der Waals surface area contributed by atoms with E-state index < -0.39 is 15.9 Å². The van der Waals surface area contributed by atoms with Crippen molar-refractivity contribution in [3.8, 4) is 5.75 Å². The Kier molecular flexibility index (Phi) is 8.77. The Morgan fingerprint density at radius 1 is 1.10 bits per heavy atom. The molecule has 0 bridgehead atoms. The SMILES string of the molecule is CCN(CC)S(=O)(=O)c1ccc(Cl)c(NC(=O)COc2cc(C(C)C)c(Cl)cc2C)c1. The summed E-state index contributed by atoms with van der Waals surface area (Å²) >= 11 is 12.5. The van der Waals surface area contributed by atoms with Crippen molar-refractivity contribution in [2.45, 2.75) is 45.4 Å². The van der Waals surface area contributed by atoms with Gasteiger partial charge < -0.3 is 10.1 Å². The van der Waals surface area contributed by atoms with E-state index in [4.69, 9.17) is 27.9 Å². The molecule has 2 rings (SSSR count). The average Bonchev–Trinajstić information content (AvgIpc) is 2.69. The molecule has 0 saturated carbocycles. The van der Waals surface area contributed by atoms with Gasteiger partial charge in [0.25, 0.3) is 5.91 Å². The summed E-state index contributed by atoms with van der Waals surface area (Å²) in [6.45, 7) is 9.85. The first kappa shape index (κ1) is 25.5. The van der Waals surface area contributed by atoms with E-state index in [-0.39, 0.29) is 28.1 Å². The van der Waals surface area contributed by atoms with Crippen LogP contribution in [0.3, 0.4) is 0 Å². The normalized spacial score (nSPS) is 11.8. The fourth-order valence-electron chi connectivity index (χ4n) is 3.07. The van der Waals surface area contributed by atoms with Crippen molar-refractivity contribution >= 4 is 44.8 Å². The molecule has 31 heavy (non-hydrogen) atoms. The molecule has 0 aromatic heterocycles. The van der Waals surface area contributed by atoms with Crippen molar-refractivity contribution in [2.24, 2.45) is 0 Å². The van der Waals surface area contributed by atoms with Gasteiger partial charge in [-0.2, -0.15) is 4.31 Å². The third kappa shape index (κ3) is 6.13. The van der Waals surface area contributed by atoms with E-state index in [9.17, 15) is 13.2 Å². The van der Waals surface area contributed by atoms with E-state index in [0.29, 0.717) is 23.9 Å². The number of nitrogens with zero attached hydrogens (tertiary/aromatic N) is 1.